The number of nitrogens with zero attached hydrogens (tertiary/aromatic N) is 1. The Labute approximate surface area is 160 Å². The Morgan fingerprint density at radius 2 is 1.78 bits per heavy atom. The van der Waals surface area contributed by atoms with Gasteiger partial charge >= 0.3 is 0 Å². The summed E-state index contributed by atoms with van der Waals surface area (Å²) in [6.07, 6.45) is 2.13. The van der Waals surface area contributed by atoms with Crippen LogP contribution in [0.25, 0.3) is 0 Å². The van der Waals surface area contributed by atoms with Gasteiger partial charge in [-0.25, -0.2) is 0 Å². The summed E-state index contributed by atoms with van der Waals surface area (Å²) in [4.78, 5) is 26.4. The highest BCUT2D eigenvalue weighted by atomic mass is 16.5. The van der Waals surface area contributed by atoms with Crippen molar-refractivity contribution in [3.8, 4) is 5.75 Å². The molecular formula is C22H26N2O3. The molecule has 0 aliphatic carbocycles. The molecule has 1 saturated heterocycles. The fraction of sp³-hybridized carbons (Fsp3) is 0.364. The Hall–Kier alpha value is -2.66. The maximum absolute atomic E-state index is 13.0. The lowest BCUT2D eigenvalue weighted by Gasteiger charge is -2.30. The lowest BCUT2D eigenvalue weighted by Crippen LogP contribution is -2.38. The van der Waals surface area contributed by atoms with Gasteiger partial charge < -0.3 is 10.1 Å². The average molecular weight is 366 g/mol. The molecule has 2 aromatic carbocycles. The molecule has 142 valence electrons. The van der Waals surface area contributed by atoms with E-state index in [-0.39, 0.29) is 23.8 Å². The maximum Gasteiger partial charge on any atom is 0.221 e. The Morgan fingerprint density at radius 1 is 1.11 bits per heavy atom. The number of hydrogen-bond acceptors (Lipinski definition) is 4. The molecule has 0 bridgehead atoms. The van der Waals surface area contributed by atoms with Crippen molar-refractivity contribution in [1.29, 1.82) is 0 Å². The van der Waals surface area contributed by atoms with E-state index in [0.717, 1.165) is 25.1 Å². The second-order valence-electron chi connectivity index (χ2n) is 6.97. The van der Waals surface area contributed by atoms with Gasteiger partial charge in [0.2, 0.25) is 5.91 Å². The van der Waals surface area contributed by atoms with Crippen LogP contribution in [0.1, 0.15) is 48.7 Å². The topological polar surface area (TPSA) is 58.6 Å². The predicted octanol–water partition coefficient (Wildman–Crippen LogP) is 4.06. The normalized spacial score (nSPS) is 18.1. The van der Waals surface area contributed by atoms with Crippen molar-refractivity contribution >= 4 is 17.4 Å². The molecule has 2 atom stereocenters. The number of ether oxygens (including phenoxy) is 1. The van der Waals surface area contributed by atoms with Gasteiger partial charge in [0.25, 0.3) is 0 Å². The zero-order valence-corrected chi connectivity index (χ0v) is 16.1. The van der Waals surface area contributed by atoms with Crippen LogP contribution < -0.4 is 10.1 Å². The van der Waals surface area contributed by atoms with Crippen molar-refractivity contribution in [3.05, 3.63) is 59.7 Å². The van der Waals surface area contributed by atoms with Crippen LogP contribution in [0, 0.1) is 0 Å². The smallest absolute Gasteiger partial charge is 0.221 e. The number of amides is 1. The van der Waals surface area contributed by atoms with Crippen LogP contribution in [0.3, 0.4) is 0 Å². The lowest BCUT2D eigenvalue weighted by molar-refractivity contribution is -0.114. The average Bonchev–Trinajstić information content (AvgIpc) is 3.17. The number of Topliss-reactive ketones (excluding diaryl/α,β-unsaturated/α-hetero) is 1. The second kappa shape index (κ2) is 8.35. The van der Waals surface area contributed by atoms with Crippen LogP contribution in [0.4, 0.5) is 5.69 Å². The highest BCUT2D eigenvalue weighted by Gasteiger charge is 2.33. The molecule has 1 aliphatic heterocycles. The molecule has 0 spiro atoms. The van der Waals surface area contributed by atoms with Crippen molar-refractivity contribution < 1.29 is 14.3 Å². The number of carbonyl (C=O) groups excluding carboxylic acids is 2. The van der Waals surface area contributed by atoms with Crippen LogP contribution in [0.5, 0.6) is 5.75 Å². The van der Waals surface area contributed by atoms with Crippen molar-refractivity contribution in [1.82, 2.24) is 4.90 Å². The number of likely N-dealkylation sites (tertiary alicyclic amines) is 1. The van der Waals surface area contributed by atoms with Gasteiger partial charge in [-0.1, -0.05) is 12.1 Å². The highest BCUT2D eigenvalue weighted by Crippen LogP contribution is 2.35. The van der Waals surface area contributed by atoms with Crippen LogP contribution in [-0.4, -0.2) is 36.3 Å². The van der Waals surface area contributed by atoms with Gasteiger partial charge in [-0.2, -0.15) is 0 Å². The fourth-order valence-corrected chi connectivity index (χ4v) is 3.75. The molecule has 1 amide bonds. The first-order valence-electron chi connectivity index (χ1n) is 9.31. The van der Waals surface area contributed by atoms with E-state index >= 15 is 0 Å². The van der Waals surface area contributed by atoms with Crippen molar-refractivity contribution in [3.63, 3.8) is 0 Å². The Morgan fingerprint density at radius 3 is 2.37 bits per heavy atom. The van der Waals surface area contributed by atoms with E-state index < -0.39 is 0 Å². The molecule has 5 heteroatoms. The third-order valence-electron chi connectivity index (χ3n) is 5.16. The molecule has 2 aromatic rings. The second-order valence-corrected chi connectivity index (χ2v) is 6.97. The fourth-order valence-electron chi connectivity index (χ4n) is 3.75. The minimum atomic E-state index is -0.203. The van der Waals surface area contributed by atoms with Gasteiger partial charge in [-0.15, -0.1) is 0 Å². The van der Waals surface area contributed by atoms with Gasteiger partial charge in [0.05, 0.1) is 13.2 Å². The maximum atomic E-state index is 13.0. The van der Waals surface area contributed by atoms with Crippen molar-refractivity contribution in [2.75, 3.05) is 19.0 Å². The summed E-state index contributed by atoms with van der Waals surface area (Å²) in [7, 11) is 1.66. The largest absolute Gasteiger partial charge is 0.497 e. The van der Waals surface area contributed by atoms with E-state index in [1.54, 1.807) is 31.4 Å². The number of ketones is 1. The summed E-state index contributed by atoms with van der Waals surface area (Å²) >= 11 is 0. The van der Waals surface area contributed by atoms with Gasteiger partial charge in [0.15, 0.2) is 5.78 Å². The summed E-state index contributed by atoms with van der Waals surface area (Å²) in [5.74, 6) is 0.818. The van der Waals surface area contributed by atoms with Gasteiger partial charge in [0.1, 0.15) is 5.75 Å². The highest BCUT2D eigenvalue weighted by molar-refractivity contribution is 6.00. The number of benzene rings is 2. The molecular weight excluding hydrogens is 340 g/mol. The SMILES string of the molecule is COc1ccc([C@H]2CCCN2[C@H](C)C(=O)c2ccc(NC(C)=O)cc2)cc1. The van der Waals surface area contributed by atoms with E-state index in [2.05, 4.69) is 22.3 Å². The first kappa shape index (κ1) is 19.1. The number of carbonyl (C=O) groups is 2. The van der Waals surface area contributed by atoms with Crippen LogP contribution in [0.15, 0.2) is 48.5 Å². The Bertz CT molecular complexity index is 799. The van der Waals surface area contributed by atoms with E-state index in [0.29, 0.717) is 11.3 Å². The quantitative estimate of drug-likeness (QED) is 0.783. The van der Waals surface area contributed by atoms with Crippen LogP contribution in [-0.2, 0) is 4.79 Å². The summed E-state index contributed by atoms with van der Waals surface area (Å²) in [5.41, 5.74) is 2.58. The van der Waals surface area contributed by atoms with Gasteiger partial charge in [-0.3, -0.25) is 14.5 Å². The Kier molecular flexibility index (Phi) is 5.91. The van der Waals surface area contributed by atoms with Crippen LogP contribution >= 0.6 is 0 Å². The first-order valence-corrected chi connectivity index (χ1v) is 9.31. The summed E-state index contributed by atoms with van der Waals surface area (Å²) < 4.78 is 5.24. The number of hydrogen-bond donors (Lipinski definition) is 1. The van der Waals surface area contributed by atoms with E-state index in [1.165, 1.54) is 12.5 Å². The minimum Gasteiger partial charge on any atom is -0.497 e. The molecule has 0 unspecified atom stereocenters. The molecule has 1 aliphatic rings. The molecule has 5 nitrogen and oxygen atoms in total. The zero-order valence-electron chi connectivity index (χ0n) is 16.1. The molecule has 3 rings (SSSR count). The standard InChI is InChI=1S/C22H26N2O3/c1-15(22(26)18-6-10-19(11-7-18)23-16(2)25)24-14-4-5-21(24)17-8-12-20(27-3)13-9-17/h6-13,15,21H,4-5,14H2,1-3H3,(H,23,25)/t15-,21-/m1/s1. The Balaban J connectivity index is 1.73. The third-order valence-corrected chi connectivity index (χ3v) is 5.16. The molecule has 1 N–H and O–H groups in total. The molecule has 27 heavy (non-hydrogen) atoms. The molecule has 0 aromatic heterocycles. The third kappa shape index (κ3) is 4.37. The molecule has 1 fully saturated rings. The molecule has 0 radical (unpaired) electrons. The van der Waals surface area contributed by atoms with Gasteiger partial charge in [0, 0.05) is 24.2 Å². The van der Waals surface area contributed by atoms with Crippen molar-refractivity contribution in [2.45, 2.75) is 38.8 Å². The minimum absolute atomic E-state index is 0.102. The number of anilines is 1. The number of nitrogens with one attached hydrogen (secondary N) is 1. The monoisotopic (exact) mass is 366 g/mol. The first-order chi connectivity index (χ1) is 13.0. The van der Waals surface area contributed by atoms with Gasteiger partial charge in [-0.05, 0) is 68.3 Å². The summed E-state index contributed by atoms with van der Waals surface area (Å²) in [5, 5.41) is 2.72. The summed E-state index contributed by atoms with van der Waals surface area (Å²) in [6.45, 7) is 4.35. The summed E-state index contributed by atoms with van der Waals surface area (Å²) in [6, 6.07) is 15.3. The zero-order chi connectivity index (χ0) is 19.4. The lowest BCUT2D eigenvalue weighted by atomic mass is 10.00. The van der Waals surface area contributed by atoms with E-state index in [4.69, 9.17) is 4.74 Å². The van der Waals surface area contributed by atoms with E-state index in [9.17, 15) is 9.59 Å². The number of rotatable bonds is 6. The van der Waals surface area contributed by atoms with Crippen molar-refractivity contribution in [2.24, 2.45) is 0 Å². The predicted molar refractivity (Wildman–Crippen MR) is 106 cm³/mol. The number of methoxy groups -OCH3 is 1. The van der Waals surface area contributed by atoms with E-state index in [1.807, 2.05) is 19.1 Å². The van der Waals surface area contributed by atoms with Crippen LogP contribution in [0.2, 0.25) is 0 Å². The molecule has 1 heterocycles. The molecule has 0 saturated carbocycles.